The van der Waals surface area contributed by atoms with Gasteiger partial charge in [-0.25, -0.2) is 4.79 Å². The van der Waals surface area contributed by atoms with Crippen LogP contribution in [-0.2, 0) is 11.3 Å². The zero-order valence-corrected chi connectivity index (χ0v) is 14.3. The summed E-state index contributed by atoms with van der Waals surface area (Å²) in [6.45, 7) is 0.192. The van der Waals surface area contributed by atoms with Gasteiger partial charge in [-0.3, -0.25) is 9.48 Å². The van der Waals surface area contributed by atoms with Crippen LogP contribution in [0.25, 0.3) is 0 Å². The number of carbonyl (C=O) groups is 2. The van der Waals surface area contributed by atoms with Crippen LogP contribution in [0, 0.1) is 0 Å². The van der Waals surface area contributed by atoms with Crippen LogP contribution in [0.3, 0.4) is 0 Å². The Morgan fingerprint density at radius 2 is 1.77 bits per heavy atom. The monoisotopic (exact) mass is 350 g/mol. The molecule has 0 saturated heterocycles. The number of hydrogen-bond acceptors (Lipinski definition) is 5. The third-order valence-corrected chi connectivity index (χ3v) is 3.80. The van der Waals surface area contributed by atoms with E-state index in [1.54, 1.807) is 35.1 Å². The molecule has 1 aromatic heterocycles. The molecule has 6 nitrogen and oxygen atoms in total. The number of esters is 1. The maximum Gasteiger partial charge on any atom is 0.341 e. The Labute approximate surface area is 151 Å². The van der Waals surface area contributed by atoms with E-state index in [-0.39, 0.29) is 12.4 Å². The summed E-state index contributed by atoms with van der Waals surface area (Å²) in [5.41, 5.74) is 1.75. The topological polar surface area (TPSA) is 70.4 Å². The van der Waals surface area contributed by atoms with E-state index in [1.807, 2.05) is 30.3 Å². The van der Waals surface area contributed by atoms with Gasteiger partial charge in [-0.15, -0.1) is 0 Å². The van der Waals surface area contributed by atoms with Gasteiger partial charge in [0.2, 0.25) is 5.78 Å². The first-order valence-electron chi connectivity index (χ1n) is 8.07. The third-order valence-electron chi connectivity index (χ3n) is 3.80. The zero-order chi connectivity index (χ0) is 18.4. The van der Waals surface area contributed by atoms with Crippen molar-refractivity contribution < 1.29 is 19.1 Å². The number of nitrogens with zero attached hydrogens (tertiary/aromatic N) is 2. The van der Waals surface area contributed by atoms with Crippen LogP contribution >= 0.6 is 0 Å². The third kappa shape index (κ3) is 4.16. The maximum atomic E-state index is 12.2. The van der Waals surface area contributed by atoms with Crippen molar-refractivity contribution >= 4 is 11.8 Å². The molecular formula is C20H18N2O4. The molecule has 0 radical (unpaired) electrons. The number of para-hydroxylation sites is 1. The molecule has 0 amide bonds. The van der Waals surface area contributed by atoms with Crippen LogP contribution < -0.4 is 4.74 Å². The van der Waals surface area contributed by atoms with Gasteiger partial charge in [0, 0.05) is 6.20 Å². The molecule has 0 fully saturated rings. The SMILES string of the molecule is COc1ccccc1C(=O)COC(=O)c1cnn(Cc2ccccc2)c1. The molecule has 6 heteroatoms. The zero-order valence-electron chi connectivity index (χ0n) is 14.3. The largest absolute Gasteiger partial charge is 0.496 e. The average Bonchev–Trinajstić information content (AvgIpc) is 3.15. The number of Topliss-reactive ketones (excluding diaryl/α,β-unsaturated/α-hetero) is 1. The molecule has 0 aliphatic carbocycles. The summed E-state index contributed by atoms with van der Waals surface area (Å²) in [6.07, 6.45) is 3.03. The quantitative estimate of drug-likeness (QED) is 0.484. The molecule has 0 saturated carbocycles. The van der Waals surface area contributed by atoms with Crippen molar-refractivity contribution in [1.29, 1.82) is 0 Å². The maximum absolute atomic E-state index is 12.2. The Balaban J connectivity index is 1.59. The van der Waals surface area contributed by atoms with Crippen molar-refractivity contribution in [2.24, 2.45) is 0 Å². The molecule has 2 aromatic carbocycles. The minimum absolute atomic E-state index is 0.300. The molecular weight excluding hydrogens is 332 g/mol. The molecule has 0 spiro atoms. The second-order valence-corrected chi connectivity index (χ2v) is 5.61. The Kier molecular flexibility index (Phi) is 5.43. The Bertz CT molecular complexity index is 903. The highest BCUT2D eigenvalue weighted by Gasteiger charge is 2.16. The van der Waals surface area contributed by atoms with Crippen LogP contribution in [0.2, 0.25) is 0 Å². The van der Waals surface area contributed by atoms with Crippen LogP contribution in [0.15, 0.2) is 67.0 Å². The van der Waals surface area contributed by atoms with E-state index in [1.165, 1.54) is 13.3 Å². The van der Waals surface area contributed by atoms with E-state index in [2.05, 4.69) is 5.10 Å². The lowest BCUT2D eigenvalue weighted by Crippen LogP contribution is -2.14. The number of rotatable bonds is 7. The van der Waals surface area contributed by atoms with Gasteiger partial charge in [-0.2, -0.15) is 5.10 Å². The van der Waals surface area contributed by atoms with Crippen LogP contribution in [0.1, 0.15) is 26.3 Å². The Morgan fingerprint density at radius 3 is 2.54 bits per heavy atom. The molecule has 0 bridgehead atoms. The van der Waals surface area contributed by atoms with Crippen molar-refractivity contribution in [3.05, 3.63) is 83.7 Å². The van der Waals surface area contributed by atoms with Gasteiger partial charge in [0.1, 0.15) is 5.75 Å². The lowest BCUT2D eigenvalue weighted by atomic mass is 10.1. The molecule has 0 aliphatic heterocycles. The second kappa shape index (κ2) is 8.11. The normalized spacial score (nSPS) is 10.3. The van der Waals surface area contributed by atoms with Gasteiger partial charge < -0.3 is 9.47 Å². The molecule has 0 atom stereocenters. The van der Waals surface area contributed by atoms with E-state index in [0.717, 1.165) is 5.56 Å². The fourth-order valence-electron chi connectivity index (χ4n) is 2.49. The van der Waals surface area contributed by atoms with Gasteiger partial charge >= 0.3 is 5.97 Å². The summed E-state index contributed by atoms with van der Waals surface area (Å²) in [4.78, 5) is 24.4. The lowest BCUT2D eigenvalue weighted by Gasteiger charge is -2.07. The lowest BCUT2D eigenvalue weighted by molar-refractivity contribution is 0.0474. The molecule has 3 rings (SSSR count). The van der Waals surface area contributed by atoms with Crippen molar-refractivity contribution in [2.45, 2.75) is 6.54 Å². The first-order valence-corrected chi connectivity index (χ1v) is 8.07. The molecule has 0 aliphatic rings. The van der Waals surface area contributed by atoms with Crippen LogP contribution in [0.4, 0.5) is 0 Å². The first kappa shape index (κ1) is 17.4. The Hall–Kier alpha value is -3.41. The number of methoxy groups -OCH3 is 1. The standard InChI is InChI=1S/C20H18N2O4/c1-25-19-10-6-5-9-17(19)18(23)14-26-20(24)16-11-21-22(13-16)12-15-7-3-2-4-8-15/h2-11,13H,12,14H2,1H3. The van der Waals surface area contributed by atoms with Crippen LogP contribution in [0.5, 0.6) is 5.75 Å². The number of carbonyl (C=O) groups excluding carboxylic acids is 2. The molecule has 0 N–H and O–H groups in total. The van der Waals surface area contributed by atoms with E-state index < -0.39 is 5.97 Å². The molecule has 3 aromatic rings. The minimum Gasteiger partial charge on any atom is -0.496 e. The van der Waals surface area contributed by atoms with Gasteiger partial charge in [0.05, 0.1) is 31.0 Å². The second-order valence-electron chi connectivity index (χ2n) is 5.61. The van der Waals surface area contributed by atoms with E-state index >= 15 is 0 Å². The molecule has 0 unspecified atom stereocenters. The van der Waals surface area contributed by atoms with E-state index in [4.69, 9.17) is 9.47 Å². The number of ether oxygens (including phenoxy) is 2. The summed E-state index contributed by atoms with van der Waals surface area (Å²) in [5.74, 6) is -0.468. The summed E-state index contributed by atoms with van der Waals surface area (Å²) in [5, 5.41) is 4.16. The fraction of sp³-hybridized carbons (Fsp3) is 0.150. The highest BCUT2D eigenvalue weighted by Crippen LogP contribution is 2.18. The van der Waals surface area contributed by atoms with Crippen LogP contribution in [-0.4, -0.2) is 35.2 Å². The molecule has 132 valence electrons. The van der Waals surface area contributed by atoms with E-state index in [0.29, 0.717) is 23.4 Å². The minimum atomic E-state index is -0.590. The highest BCUT2D eigenvalue weighted by molar-refractivity contribution is 6.01. The summed E-state index contributed by atoms with van der Waals surface area (Å²) in [7, 11) is 1.49. The van der Waals surface area contributed by atoms with Gasteiger partial charge in [-0.05, 0) is 17.7 Å². The Morgan fingerprint density at radius 1 is 1.04 bits per heavy atom. The number of hydrogen-bond donors (Lipinski definition) is 0. The summed E-state index contributed by atoms with van der Waals surface area (Å²) in [6, 6.07) is 16.6. The van der Waals surface area contributed by atoms with Crippen molar-refractivity contribution in [2.75, 3.05) is 13.7 Å². The number of benzene rings is 2. The fourth-order valence-corrected chi connectivity index (χ4v) is 2.49. The smallest absolute Gasteiger partial charge is 0.341 e. The van der Waals surface area contributed by atoms with Crippen molar-refractivity contribution in [1.82, 2.24) is 9.78 Å². The summed E-state index contributed by atoms with van der Waals surface area (Å²) >= 11 is 0. The van der Waals surface area contributed by atoms with Crippen molar-refractivity contribution in [3.63, 3.8) is 0 Å². The number of ketones is 1. The highest BCUT2D eigenvalue weighted by atomic mass is 16.5. The molecule has 1 heterocycles. The average molecular weight is 350 g/mol. The van der Waals surface area contributed by atoms with Gasteiger partial charge in [0.25, 0.3) is 0 Å². The predicted octanol–water partition coefficient (Wildman–Crippen LogP) is 2.98. The van der Waals surface area contributed by atoms with Crippen molar-refractivity contribution in [3.8, 4) is 5.75 Å². The van der Waals surface area contributed by atoms with E-state index in [9.17, 15) is 9.59 Å². The van der Waals surface area contributed by atoms with Gasteiger partial charge in [0.15, 0.2) is 6.61 Å². The molecule has 26 heavy (non-hydrogen) atoms. The first-order chi connectivity index (χ1) is 12.7. The summed E-state index contributed by atoms with van der Waals surface area (Å²) < 4.78 is 11.9. The number of aromatic nitrogens is 2. The van der Waals surface area contributed by atoms with Gasteiger partial charge in [-0.1, -0.05) is 42.5 Å². The predicted molar refractivity (Wildman–Crippen MR) is 95.4 cm³/mol.